The number of halogens is 4. The fraction of sp³-hybridized carbons (Fsp3) is 0.316. The van der Waals surface area contributed by atoms with Crippen LogP contribution in [0.2, 0.25) is 0 Å². The summed E-state index contributed by atoms with van der Waals surface area (Å²) in [5, 5.41) is 4.54. The summed E-state index contributed by atoms with van der Waals surface area (Å²) in [6.45, 7) is 7.60. The molecule has 0 spiro atoms. The van der Waals surface area contributed by atoms with Gasteiger partial charge in [0, 0.05) is 25.0 Å². The van der Waals surface area contributed by atoms with Crippen LogP contribution < -0.4 is 0 Å². The SMILES string of the molecule is C=N/C(=C\C=N/COC)n1nc(C(C)C)c(Br)c1-c1cccc(C(F)(F)F)c1. The third-order valence-corrected chi connectivity index (χ3v) is 4.56. The van der Waals surface area contributed by atoms with Gasteiger partial charge in [-0.15, -0.1) is 0 Å². The number of alkyl halides is 3. The monoisotopic (exact) mass is 456 g/mol. The predicted octanol–water partition coefficient (Wildman–Crippen LogP) is 5.63. The van der Waals surface area contributed by atoms with E-state index in [1.165, 1.54) is 24.1 Å². The zero-order valence-corrected chi connectivity index (χ0v) is 17.3. The number of hydrogen-bond donors (Lipinski definition) is 0. The molecule has 1 aromatic heterocycles. The third kappa shape index (κ3) is 4.96. The molecule has 1 heterocycles. The van der Waals surface area contributed by atoms with Crippen molar-refractivity contribution in [3.8, 4) is 11.3 Å². The quantitative estimate of drug-likeness (QED) is 0.507. The van der Waals surface area contributed by atoms with Crippen LogP contribution in [0.15, 0.2) is 44.8 Å². The molecule has 150 valence electrons. The van der Waals surface area contributed by atoms with Crippen molar-refractivity contribution in [2.75, 3.05) is 13.8 Å². The molecule has 2 aromatic rings. The number of aromatic nitrogens is 2. The van der Waals surface area contributed by atoms with Gasteiger partial charge in [-0.25, -0.2) is 9.67 Å². The van der Waals surface area contributed by atoms with Gasteiger partial charge >= 0.3 is 6.18 Å². The van der Waals surface area contributed by atoms with Gasteiger partial charge in [0.25, 0.3) is 0 Å². The molecule has 0 N–H and O–H groups in total. The van der Waals surface area contributed by atoms with Crippen LogP contribution in [0.3, 0.4) is 0 Å². The number of hydrogen-bond acceptors (Lipinski definition) is 4. The van der Waals surface area contributed by atoms with Gasteiger partial charge in [-0.05, 0) is 40.7 Å². The highest BCUT2D eigenvalue weighted by molar-refractivity contribution is 9.10. The van der Waals surface area contributed by atoms with Crippen LogP contribution in [0.5, 0.6) is 0 Å². The Hall–Kier alpha value is -2.26. The van der Waals surface area contributed by atoms with E-state index in [0.29, 0.717) is 27.2 Å². The summed E-state index contributed by atoms with van der Waals surface area (Å²) in [4.78, 5) is 7.97. The molecule has 0 saturated carbocycles. The molecule has 0 atom stereocenters. The normalized spacial score (nSPS) is 12.9. The minimum Gasteiger partial charge on any atom is -0.363 e. The smallest absolute Gasteiger partial charge is 0.363 e. The number of benzene rings is 1. The predicted molar refractivity (Wildman–Crippen MR) is 109 cm³/mol. The van der Waals surface area contributed by atoms with Gasteiger partial charge in [-0.3, -0.25) is 4.99 Å². The molecule has 2 rings (SSSR count). The van der Waals surface area contributed by atoms with E-state index in [-0.39, 0.29) is 12.6 Å². The average Bonchev–Trinajstić information content (AvgIpc) is 2.98. The fourth-order valence-electron chi connectivity index (χ4n) is 2.47. The molecule has 5 nitrogen and oxygen atoms in total. The van der Waals surface area contributed by atoms with Crippen LogP contribution >= 0.6 is 15.9 Å². The molecular formula is C19H20BrF3N4O. The summed E-state index contributed by atoms with van der Waals surface area (Å²) in [7, 11) is 1.51. The number of rotatable bonds is 7. The summed E-state index contributed by atoms with van der Waals surface area (Å²) < 4.78 is 46.4. The van der Waals surface area contributed by atoms with Crippen molar-refractivity contribution < 1.29 is 17.9 Å². The lowest BCUT2D eigenvalue weighted by molar-refractivity contribution is -0.137. The van der Waals surface area contributed by atoms with Gasteiger partial charge in [-0.1, -0.05) is 26.0 Å². The van der Waals surface area contributed by atoms with Crippen molar-refractivity contribution in [2.24, 2.45) is 9.98 Å². The summed E-state index contributed by atoms with van der Waals surface area (Å²) in [6, 6.07) is 5.07. The number of allylic oxidation sites excluding steroid dienone is 1. The van der Waals surface area contributed by atoms with Crippen LogP contribution in [0.25, 0.3) is 17.1 Å². The highest BCUT2D eigenvalue weighted by Crippen LogP contribution is 2.38. The Labute approximate surface area is 169 Å². The van der Waals surface area contributed by atoms with E-state index in [9.17, 15) is 13.2 Å². The highest BCUT2D eigenvalue weighted by atomic mass is 79.9. The second-order valence-corrected chi connectivity index (χ2v) is 6.92. The van der Waals surface area contributed by atoms with Crippen molar-refractivity contribution >= 4 is 34.7 Å². The zero-order valence-electron chi connectivity index (χ0n) is 15.7. The van der Waals surface area contributed by atoms with Gasteiger partial charge in [0.15, 0.2) is 5.82 Å². The number of aliphatic imine (C=N–C) groups is 2. The summed E-state index contributed by atoms with van der Waals surface area (Å²) in [6.07, 6.45) is -1.41. The lowest BCUT2D eigenvalue weighted by Gasteiger charge is -2.11. The minimum atomic E-state index is -4.45. The molecule has 0 aliphatic carbocycles. The molecule has 0 radical (unpaired) electrons. The Morgan fingerprint density at radius 1 is 1.39 bits per heavy atom. The lowest BCUT2D eigenvalue weighted by Crippen LogP contribution is -2.06. The van der Waals surface area contributed by atoms with Crippen LogP contribution in [0.4, 0.5) is 13.2 Å². The van der Waals surface area contributed by atoms with Crippen LogP contribution in [-0.4, -0.2) is 36.6 Å². The van der Waals surface area contributed by atoms with Crippen molar-refractivity contribution in [2.45, 2.75) is 25.9 Å². The number of ether oxygens (including phenoxy) is 1. The van der Waals surface area contributed by atoms with Gasteiger partial charge in [0.1, 0.15) is 6.73 Å². The summed E-state index contributed by atoms with van der Waals surface area (Å²) in [5.41, 5.74) is 0.753. The maximum absolute atomic E-state index is 13.2. The molecule has 0 bridgehead atoms. The molecular weight excluding hydrogens is 437 g/mol. The molecule has 0 unspecified atom stereocenters. The maximum atomic E-state index is 13.2. The van der Waals surface area contributed by atoms with Gasteiger partial charge in [0.2, 0.25) is 0 Å². The molecule has 0 aliphatic heterocycles. The maximum Gasteiger partial charge on any atom is 0.416 e. The lowest BCUT2D eigenvalue weighted by atomic mass is 10.1. The minimum absolute atomic E-state index is 0.0356. The van der Waals surface area contributed by atoms with Crippen molar-refractivity contribution in [1.82, 2.24) is 9.78 Å². The van der Waals surface area contributed by atoms with E-state index in [0.717, 1.165) is 12.1 Å². The van der Waals surface area contributed by atoms with Crippen LogP contribution in [-0.2, 0) is 10.9 Å². The van der Waals surface area contributed by atoms with Crippen LogP contribution in [0, 0.1) is 0 Å². The molecule has 9 heteroatoms. The molecule has 0 amide bonds. The van der Waals surface area contributed by atoms with E-state index in [2.05, 4.69) is 37.7 Å². The van der Waals surface area contributed by atoms with Gasteiger partial charge < -0.3 is 4.74 Å². The third-order valence-electron chi connectivity index (χ3n) is 3.77. The first-order valence-corrected chi connectivity index (χ1v) is 9.12. The van der Waals surface area contributed by atoms with Crippen molar-refractivity contribution in [3.63, 3.8) is 0 Å². The first kappa shape index (κ1) is 22.0. The van der Waals surface area contributed by atoms with Crippen LogP contribution in [0.1, 0.15) is 31.0 Å². The number of methoxy groups -OCH3 is 1. The highest BCUT2D eigenvalue weighted by Gasteiger charge is 2.31. The molecule has 1 aromatic carbocycles. The van der Waals surface area contributed by atoms with E-state index in [1.54, 1.807) is 12.1 Å². The first-order valence-electron chi connectivity index (χ1n) is 8.32. The Kier molecular flexibility index (Phi) is 7.31. The van der Waals surface area contributed by atoms with E-state index in [4.69, 9.17) is 4.74 Å². The Morgan fingerprint density at radius 2 is 2.11 bits per heavy atom. The zero-order chi connectivity index (χ0) is 20.9. The largest absolute Gasteiger partial charge is 0.416 e. The molecule has 28 heavy (non-hydrogen) atoms. The van der Waals surface area contributed by atoms with E-state index in [1.807, 2.05) is 13.8 Å². The first-order chi connectivity index (χ1) is 13.2. The second kappa shape index (κ2) is 9.29. The van der Waals surface area contributed by atoms with Crippen molar-refractivity contribution in [1.29, 1.82) is 0 Å². The van der Waals surface area contributed by atoms with Gasteiger partial charge in [0.05, 0.1) is 21.4 Å². The molecule has 0 fully saturated rings. The van der Waals surface area contributed by atoms with Crippen molar-refractivity contribution in [3.05, 3.63) is 46.1 Å². The van der Waals surface area contributed by atoms with Gasteiger partial charge in [-0.2, -0.15) is 18.3 Å². The van der Waals surface area contributed by atoms with E-state index >= 15 is 0 Å². The van der Waals surface area contributed by atoms with E-state index < -0.39 is 11.7 Å². The summed E-state index contributed by atoms with van der Waals surface area (Å²) in [5.74, 6) is 0.355. The summed E-state index contributed by atoms with van der Waals surface area (Å²) >= 11 is 3.50. The Bertz CT molecular complexity index is 901. The standard InChI is InChI=1S/C19H20BrF3N4O/c1-12(2)17-16(20)18(13-6-5-7-14(10-13)19(21,22)23)27(26-17)15(24-3)8-9-25-11-28-4/h5-10,12H,3,11H2,1-2,4H3/b15-8+,25-9-. The average molecular weight is 457 g/mol. The fourth-order valence-corrected chi connectivity index (χ4v) is 3.40. The Balaban J connectivity index is 2.68. The topological polar surface area (TPSA) is 51.8 Å². The molecule has 0 aliphatic rings. The molecule has 0 saturated heterocycles. The second-order valence-electron chi connectivity index (χ2n) is 6.13. The Morgan fingerprint density at radius 3 is 2.68 bits per heavy atom. The number of nitrogens with zero attached hydrogens (tertiary/aromatic N) is 4.